The Morgan fingerprint density at radius 2 is 2.30 bits per heavy atom. The van der Waals surface area contributed by atoms with E-state index in [1.54, 1.807) is 18.4 Å². The molecular formula is C12H18N4O2S2. The fraction of sp³-hybridized carbons (Fsp3) is 0.417. The first-order valence-electron chi connectivity index (χ1n) is 6.19. The molecule has 0 amide bonds. The summed E-state index contributed by atoms with van der Waals surface area (Å²) in [5.74, 6) is 0. The first kappa shape index (κ1) is 15.2. The molecule has 0 bridgehead atoms. The normalized spacial score (nSPS) is 13.8. The Balaban J connectivity index is 2.20. The summed E-state index contributed by atoms with van der Waals surface area (Å²) in [5.41, 5.74) is 6.04. The van der Waals surface area contributed by atoms with Gasteiger partial charge in [0.15, 0.2) is 5.03 Å². The largest absolute Gasteiger partial charge is 0.326 e. The molecular weight excluding hydrogens is 296 g/mol. The summed E-state index contributed by atoms with van der Waals surface area (Å²) < 4.78 is 26.5. The third-order valence-corrected chi connectivity index (χ3v) is 6.12. The highest BCUT2D eigenvalue weighted by Crippen LogP contribution is 2.21. The SMILES string of the molecule is CC(Cc1cccs1)N(C)S(=O)(=O)c1[nH]ncc1CN. The van der Waals surface area contributed by atoms with Gasteiger partial charge in [0.25, 0.3) is 10.0 Å². The molecule has 2 aromatic heterocycles. The lowest BCUT2D eigenvalue weighted by Gasteiger charge is -2.23. The third-order valence-electron chi connectivity index (χ3n) is 3.23. The van der Waals surface area contributed by atoms with Gasteiger partial charge in [0.1, 0.15) is 0 Å². The second-order valence-corrected chi connectivity index (χ2v) is 7.55. The molecule has 2 heterocycles. The highest BCUT2D eigenvalue weighted by Gasteiger charge is 2.29. The van der Waals surface area contributed by atoms with Gasteiger partial charge in [0.2, 0.25) is 0 Å². The number of thiophene rings is 1. The molecule has 1 atom stereocenters. The van der Waals surface area contributed by atoms with Crippen molar-refractivity contribution in [3.63, 3.8) is 0 Å². The average Bonchev–Trinajstić information content (AvgIpc) is 3.08. The Hall–Kier alpha value is -1.22. The van der Waals surface area contributed by atoms with Gasteiger partial charge in [0, 0.05) is 30.1 Å². The second kappa shape index (κ2) is 6.04. The summed E-state index contributed by atoms with van der Waals surface area (Å²) in [5, 5.41) is 8.37. The van der Waals surface area contributed by atoms with Crippen molar-refractivity contribution in [2.45, 2.75) is 31.0 Å². The number of nitrogens with two attached hydrogens (primary N) is 1. The van der Waals surface area contributed by atoms with E-state index in [-0.39, 0.29) is 17.6 Å². The molecule has 0 fully saturated rings. The maximum atomic E-state index is 12.5. The van der Waals surface area contributed by atoms with Crippen molar-refractivity contribution < 1.29 is 8.42 Å². The van der Waals surface area contributed by atoms with Gasteiger partial charge in [-0.2, -0.15) is 9.40 Å². The van der Waals surface area contributed by atoms with E-state index in [1.165, 1.54) is 10.5 Å². The maximum absolute atomic E-state index is 12.5. The number of aromatic nitrogens is 2. The van der Waals surface area contributed by atoms with Crippen LogP contribution >= 0.6 is 11.3 Å². The second-order valence-electron chi connectivity index (χ2n) is 4.58. The zero-order valence-electron chi connectivity index (χ0n) is 11.4. The lowest BCUT2D eigenvalue weighted by atomic mass is 10.2. The van der Waals surface area contributed by atoms with E-state index < -0.39 is 10.0 Å². The number of rotatable bonds is 6. The standard InChI is InChI=1S/C12H18N4O2S2/c1-9(6-11-4-3-5-19-11)16(2)20(17,18)12-10(7-13)8-14-15-12/h3-5,8-9H,6-7,13H2,1-2H3,(H,14,15). The van der Waals surface area contributed by atoms with Crippen LogP contribution in [-0.2, 0) is 23.0 Å². The van der Waals surface area contributed by atoms with Crippen LogP contribution in [0.15, 0.2) is 28.7 Å². The smallest absolute Gasteiger partial charge is 0.260 e. The van der Waals surface area contributed by atoms with E-state index in [9.17, 15) is 8.42 Å². The molecule has 3 N–H and O–H groups in total. The van der Waals surface area contributed by atoms with Crippen molar-refractivity contribution >= 4 is 21.4 Å². The topological polar surface area (TPSA) is 92.1 Å². The van der Waals surface area contributed by atoms with Crippen LogP contribution in [0.1, 0.15) is 17.4 Å². The molecule has 20 heavy (non-hydrogen) atoms. The van der Waals surface area contributed by atoms with E-state index in [2.05, 4.69) is 10.2 Å². The number of hydrogen-bond donors (Lipinski definition) is 2. The molecule has 0 aliphatic rings. The quantitative estimate of drug-likeness (QED) is 0.837. The molecule has 8 heteroatoms. The van der Waals surface area contributed by atoms with Gasteiger partial charge < -0.3 is 5.73 Å². The van der Waals surface area contributed by atoms with E-state index in [4.69, 9.17) is 5.73 Å². The van der Waals surface area contributed by atoms with Crippen molar-refractivity contribution in [2.75, 3.05) is 7.05 Å². The van der Waals surface area contributed by atoms with Crippen LogP contribution in [0.25, 0.3) is 0 Å². The molecule has 0 saturated heterocycles. The Morgan fingerprint density at radius 3 is 2.90 bits per heavy atom. The van der Waals surface area contributed by atoms with Crippen molar-refractivity contribution in [1.82, 2.24) is 14.5 Å². The Bertz CT molecular complexity index is 649. The minimum atomic E-state index is -3.60. The zero-order chi connectivity index (χ0) is 14.8. The monoisotopic (exact) mass is 314 g/mol. The number of hydrogen-bond acceptors (Lipinski definition) is 5. The number of sulfonamides is 1. The van der Waals surface area contributed by atoms with Crippen molar-refractivity contribution in [1.29, 1.82) is 0 Å². The predicted molar refractivity (Wildman–Crippen MR) is 78.9 cm³/mol. The highest BCUT2D eigenvalue weighted by atomic mass is 32.2. The Kier molecular flexibility index (Phi) is 4.59. The number of aromatic amines is 1. The Labute approximate surface area is 122 Å². The van der Waals surface area contributed by atoms with Crippen LogP contribution in [0.4, 0.5) is 0 Å². The van der Waals surface area contributed by atoms with Gasteiger partial charge in [-0.05, 0) is 24.8 Å². The van der Waals surface area contributed by atoms with Crippen LogP contribution < -0.4 is 5.73 Å². The minimum Gasteiger partial charge on any atom is -0.326 e. The van der Waals surface area contributed by atoms with Crippen LogP contribution in [0.2, 0.25) is 0 Å². The summed E-state index contributed by atoms with van der Waals surface area (Å²) >= 11 is 1.62. The van der Waals surface area contributed by atoms with Crippen LogP contribution in [0.5, 0.6) is 0 Å². The third kappa shape index (κ3) is 2.93. The van der Waals surface area contributed by atoms with Crippen LogP contribution in [-0.4, -0.2) is 36.0 Å². The number of nitrogens with zero attached hydrogens (tertiary/aromatic N) is 2. The minimum absolute atomic E-state index is 0.0838. The Morgan fingerprint density at radius 1 is 1.55 bits per heavy atom. The lowest BCUT2D eigenvalue weighted by Crippen LogP contribution is -2.37. The fourth-order valence-corrected chi connectivity index (χ4v) is 4.20. The summed E-state index contributed by atoms with van der Waals surface area (Å²) in [6.45, 7) is 2.02. The van der Waals surface area contributed by atoms with Gasteiger partial charge >= 0.3 is 0 Å². The molecule has 1 unspecified atom stereocenters. The van der Waals surface area contributed by atoms with Gasteiger partial charge in [-0.15, -0.1) is 11.3 Å². The van der Waals surface area contributed by atoms with Gasteiger partial charge in [0.05, 0.1) is 6.20 Å². The van der Waals surface area contributed by atoms with Crippen LogP contribution in [0.3, 0.4) is 0 Å². The zero-order valence-corrected chi connectivity index (χ0v) is 13.0. The number of nitrogens with one attached hydrogen (secondary N) is 1. The first-order chi connectivity index (χ1) is 9.46. The molecule has 0 spiro atoms. The number of likely N-dealkylation sites (N-methyl/N-ethyl adjacent to an activating group) is 1. The van der Waals surface area contributed by atoms with Gasteiger partial charge in [-0.1, -0.05) is 6.07 Å². The molecule has 110 valence electrons. The van der Waals surface area contributed by atoms with Crippen molar-refractivity contribution in [3.05, 3.63) is 34.2 Å². The fourth-order valence-electron chi connectivity index (χ4n) is 1.90. The molecule has 2 aromatic rings. The molecule has 0 saturated carbocycles. The summed E-state index contributed by atoms with van der Waals surface area (Å²) in [6.07, 6.45) is 2.13. The molecule has 0 aliphatic heterocycles. The lowest BCUT2D eigenvalue weighted by molar-refractivity contribution is 0.386. The molecule has 0 aromatic carbocycles. The average molecular weight is 314 g/mol. The van der Waals surface area contributed by atoms with Gasteiger partial charge in [-0.25, -0.2) is 8.42 Å². The van der Waals surface area contributed by atoms with Crippen molar-refractivity contribution in [2.24, 2.45) is 5.73 Å². The van der Waals surface area contributed by atoms with E-state index in [0.717, 1.165) is 4.88 Å². The van der Waals surface area contributed by atoms with Gasteiger partial charge in [-0.3, -0.25) is 5.10 Å². The molecule has 0 aliphatic carbocycles. The first-order valence-corrected chi connectivity index (χ1v) is 8.51. The molecule has 0 radical (unpaired) electrons. The summed E-state index contributed by atoms with van der Waals surface area (Å²) in [4.78, 5) is 1.16. The van der Waals surface area contributed by atoms with E-state index >= 15 is 0 Å². The van der Waals surface area contributed by atoms with E-state index in [1.807, 2.05) is 24.4 Å². The summed E-state index contributed by atoms with van der Waals surface area (Å²) in [7, 11) is -2.02. The summed E-state index contributed by atoms with van der Waals surface area (Å²) in [6, 6.07) is 3.82. The predicted octanol–water partition coefficient (Wildman–Crippen LogP) is 1.18. The van der Waals surface area contributed by atoms with E-state index in [0.29, 0.717) is 12.0 Å². The molecule has 2 rings (SSSR count). The number of H-pyrrole nitrogens is 1. The van der Waals surface area contributed by atoms with Crippen molar-refractivity contribution in [3.8, 4) is 0 Å². The molecule has 6 nitrogen and oxygen atoms in total. The van der Waals surface area contributed by atoms with Crippen LogP contribution in [0, 0.1) is 0 Å². The highest BCUT2D eigenvalue weighted by molar-refractivity contribution is 7.89. The maximum Gasteiger partial charge on any atom is 0.260 e.